The summed E-state index contributed by atoms with van der Waals surface area (Å²) in [6, 6.07) is 10.7. The first-order chi connectivity index (χ1) is 11.1. The zero-order valence-corrected chi connectivity index (χ0v) is 12.9. The number of hydrogen-bond donors (Lipinski definition) is 3. The van der Waals surface area contributed by atoms with Crippen LogP contribution >= 0.6 is 0 Å². The van der Waals surface area contributed by atoms with Crippen LogP contribution in [0.25, 0.3) is 0 Å². The van der Waals surface area contributed by atoms with Crippen molar-refractivity contribution in [2.75, 3.05) is 24.8 Å². The Kier molecular flexibility index (Phi) is 5.51. The van der Waals surface area contributed by atoms with E-state index in [-0.39, 0.29) is 5.91 Å². The fourth-order valence-electron chi connectivity index (χ4n) is 1.92. The van der Waals surface area contributed by atoms with E-state index >= 15 is 0 Å². The van der Waals surface area contributed by atoms with E-state index in [9.17, 15) is 9.59 Å². The number of carbonyl (C=O) groups excluding carboxylic acids is 2. The van der Waals surface area contributed by atoms with E-state index in [1.165, 1.54) is 7.11 Å². The highest BCUT2D eigenvalue weighted by Crippen LogP contribution is 2.14. The SMILES string of the molecule is CNC(=O)c1cccnc1NCc1ccc(NC(=O)OC)cc1. The monoisotopic (exact) mass is 314 g/mol. The second kappa shape index (κ2) is 7.79. The number of rotatable bonds is 5. The highest BCUT2D eigenvalue weighted by Gasteiger charge is 2.10. The Morgan fingerprint density at radius 1 is 1.17 bits per heavy atom. The van der Waals surface area contributed by atoms with E-state index < -0.39 is 6.09 Å². The van der Waals surface area contributed by atoms with Gasteiger partial charge in [-0.2, -0.15) is 0 Å². The van der Waals surface area contributed by atoms with Crippen LogP contribution in [0.15, 0.2) is 42.6 Å². The van der Waals surface area contributed by atoms with Crippen LogP contribution in [0.2, 0.25) is 0 Å². The Hall–Kier alpha value is -3.09. The highest BCUT2D eigenvalue weighted by atomic mass is 16.5. The summed E-state index contributed by atoms with van der Waals surface area (Å²) in [5.41, 5.74) is 2.11. The number of nitrogens with zero attached hydrogens (tertiary/aromatic N) is 1. The Balaban J connectivity index is 2.01. The number of benzene rings is 1. The molecule has 120 valence electrons. The number of ether oxygens (including phenoxy) is 1. The molecule has 23 heavy (non-hydrogen) atoms. The highest BCUT2D eigenvalue weighted by molar-refractivity contribution is 5.98. The molecule has 0 aliphatic heterocycles. The maximum absolute atomic E-state index is 11.8. The molecule has 0 saturated heterocycles. The van der Waals surface area contributed by atoms with Gasteiger partial charge in [-0.1, -0.05) is 12.1 Å². The van der Waals surface area contributed by atoms with Gasteiger partial charge >= 0.3 is 6.09 Å². The molecule has 2 amide bonds. The smallest absolute Gasteiger partial charge is 0.411 e. The van der Waals surface area contributed by atoms with Gasteiger partial charge in [0.05, 0.1) is 12.7 Å². The van der Waals surface area contributed by atoms with Crippen molar-refractivity contribution in [3.8, 4) is 0 Å². The predicted octanol–water partition coefficient (Wildman–Crippen LogP) is 2.23. The molecule has 0 aliphatic carbocycles. The average molecular weight is 314 g/mol. The number of pyridine rings is 1. The summed E-state index contributed by atoms with van der Waals surface area (Å²) >= 11 is 0. The van der Waals surface area contributed by atoms with Gasteiger partial charge in [-0.05, 0) is 29.8 Å². The standard InChI is InChI=1S/C16H18N4O3/c1-17-15(21)13-4-3-9-18-14(13)19-10-11-5-7-12(8-6-11)20-16(22)23-2/h3-9H,10H2,1-2H3,(H,17,21)(H,18,19)(H,20,22). The molecule has 0 spiro atoms. The van der Waals surface area contributed by atoms with Gasteiger partial charge in [-0.25, -0.2) is 9.78 Å². The zero-order valence-electron chi connectivity index (χ0n) is 12.9. The maximum atomic E-state index is 11.8. The predicted molar refractivity (Wildman–Crippen MR) is 87.4 cm³/mol. The molecule has 0 radical (unpaired) electrons. The van der Waals surface area contributed by atoms with Crippen LogP contribution in [0.3, 0.4) is 0 Å². The Bertz CT molecular complexity index is 686. The third kappa shape index (κ3) is 4.44. The fourth-order valence-corrected chi connectivity index (χ4v) is 1.92. The lowest BCUT2D eigenvalue weighted by atomic mass is 10.2. The molecule has 0 atom stereocenters. The van der Waals surface area contributed by atoms with Crippen LogP contribution in [0.4, 0.5) is 16.3 Å². The van der Waals surface area contributed by atoms with Gasteiger partial charge in [0, 0.05) is 25.5 Å². The molecule has 2 aromatic rings. The van der Waals surface area contributed by atoms with E-state index in [0.29, 0.717) is 23.6 Å². The molecule has 2 rings (SSSR count). The summed E-state index contributed by atoms with van der Waals surface area (Å²) in [5.74, 6) is 0.321. The van der Waals surface area contributed by atoms with Gasteiger partial charge in [0.1, 0.15) is 5.82 Å². The molecular formula is C16H18N4O3. The summed E-state index contributed by atoms with van der Waals surface area (Å²) < 4.78 is 4.53. The Morgan fingerprint density at radius 2 is 1.91 bits per heavy atom. The van der Waals surface area contributed by atoms with Gasteiger partial charge in [0.2, 0.25) is 0 Å². The van der Waals surface area contributed by atoms with Crippen LogP contribution in [0.1, 0.15) is 15.9 Å². The first kappa shape index (κ1) is 16.3. The van der Waals surface area contributed by atoms with Crippen LogP contribution < -0.4 is 16.0 Å². The van der Waals surface area contributed by atoms with Gasteiger partial charge in [0.15, 0.2) is 0 Å². The second-order valence-electron chi connectivity index (χ2n) is 4.65. The van der Waals surface area contributed by atoms with Gasteiger partial charge < -0.3 is 15.4 Å². The molecule has 0 unspecified atom stereocenters. The third-order valence-corrected chi connectivity index (χ3v) is 3.13. The van der Waals surface area contributed by atoms with Crippen molar-refractivity contribution in [1.82, 2.24) is 10.3 Å². The van der Waals surface area contributed by atoms with Crippen LogP contribution in [-0.4, -0.2) is 31.1 Å². The molecule has 7 heteroatoms. The molecule has 0 aliphatic rings. The minimum atomic E-state index is -0.514. The summed E-state index contributed by atoms with van der Waals surface area (Å²) in [4.78, 5) is 27.1. The first-order valence-electron chi connectivity index (χ1n) is 6.99. The Morgan fingerprint density at radius 3 is 2.57 bits per heavy atom. The third-order valence-electron chi connectivity index (χ3n) is 3.13. The molecule has 1 aromatic heterocycles. The topological polar surface area (TPSA) is 92.4 Å². The number of amides is 2. The number of anilines is 2. The molecule has 0 bridgehead atoms. The van der Waals surface area contributed by atoms with Crippen LogP contribution in [0.5, 0.6) is 0 Å². The average Bonchev–Trinajstić information content (AvgIpc) is 2.60. The van der Waals surface area contributed by atoms with Crippen molar-refractivity contribution in [3.05, 3.63) is 53.7 Å². The molecule has 7 nitrogen and oxygen atoms in total. The van der Waals surface area contributed by atoms with Crippen molar-refractivity contribution in [2.45, 2.75) is 6.54 Å². The normalized spacial score (nSPS) is 9.83. The number of aromatic nitrogens is 1. The minimum Gasteiger partial charge on any atom is -0.453 e. The van der Waals surface area contributed by atoms with E-state index in [4.69, 9.17) is 0 Å². The number of methoxy groups -OCH3 is 1. The summed E-state index contributed by atoms with van der Waals surface area (Å²) in [7, 11) is 2.89. The summed E-state index contributed by atoms with van der Waals surface area (Å²) in [5, 5.41) is 8.29. The molecule has 1 heterocycles. The van der Waals surface area contributed by atoms with Crippen molar-refractivity contribution in [3.63, 3.8) is 0 Å². The fraction of sp³-hybridized carbons (Fsp3) is 0.188. The van der Waals surface area contributed by atoms with Crippen molar-refractivity contribution >= 4 is 23.5 Å². The van der Waals surface area contributed by atoms with Crippen LogP contribution in [0, 0.1) is 0 Å². The van der Waals surface area contributed by atoms with Crippen molar-refractivity contribution < 1.29 is 14.3 Å². The van der Waals surface area contributed by atoms with E-state index in [1.54, 1.807) is 37.5 Å². The second-order valence-corrected chi connectivity index (χ2v) is 4.65. The quantitative estimate of drug-likeness (QED) is 0.787. The van der Waals surface area contributed by atoms with E-state index in [2.05, 4.69) is 25.7 Å². The largest absolute Gasteiger partial charge is 0.453 e. The summed E-state index contributed by atoms with van der Waals surface area (Å²) in [6.07, 6.45) is 1.11. The van der Waals surface area contributed by atoms with Crippen molar-refractivity contribution in [1.29, 1.82) is 0 Å². The first-order valence-corrected chi connectivity index (χ1v) is 6.99. The summed E-state index contributed by atoms with van der Waals surface area (Å²) in [6.45, 7) is 0.500. The van der Waals surface area contributed by atoms with Crippen molar-refractivity contribution in [2.24, 2.45) is 0 Å². The number of nitrogens with one attached hydrogen (secondary N) is 3. The molecule has 0 fully saturated rings. The lowest BCUT2D eigenvalue weighted by Crippen LogP contribution is -2.20. The number of carbonyl (C=O) groups is 2. The van der Waals surface area contributed by atoms with Gasteiger partial charge in [0.25, 0.3) is 5.91 Å². The lowest BCUT2D eigenvalue weighted by molar-refractivity contribution is 0.0963. The Labute approximate surface area is 134 Å². The lowest BCUT2D eigenvalue weighted by Gasteiger charge is -2.10. The number of hydrogen-bond acceptors (Lipinski definition) is 5. The van der Waals surface area contributed by atoms with Crippen LogP contribution in [-0.2, 0) is 11.3 Å². The zero-order chi connectivity index (χ0) is 16.7. The van der Waals surface area contributed by atoms with Gasteiger partial charge in [-0.3, -0.25) is 10.1 Å². The molecular weight excluding hydrogens is 296 g/mol. The maximum Gasteiger partial charge on any atom is 0.411 e. The van der Waals surface area contributed by atoms with E-state index in [1.807, 2.05) is 12.1 Å². The van der Waals surface area contributed by atoms with Gasteiger partial charge in [-0.15, -0.1) is 0 Å². The molecule has 1 aromatic carbocycles. The molecule has 0 saturated carbocycles. The minimum absolute atomic E-state index is 0.196. The van der Waals surface area contributed by atoms with E-state index in [0.717, 1.165) is 5.56 Å². The molecule has 3 N–H and O–H groups in total.